The van der Waals surface area contributed by atoms with Crippen molar-refractivity contribution < 1.29 is 9.22 Å². The second-order valence-corrected chi connectivity index (χ2v) is 9.78. The summed E-state index contributed by atoms with van der Waals surface area (Å²) < 4.78 is 5.80. The first-order valence-corrected chi connectivity index (χ1v) is 9.06. The summed E-state index contributed by atoms with van der Waals surface area (Å²) in [6.07, 6.45) is 0. The van der Waals surface area contributed by atoms with Crippen LogP contribution in [-0.2, 0) is 0 Å². The Bertz CT molecular complexity index is 425. The van der Waals surface area contributed by atoms with E-state index in [4.69, 9.17) is 27.6 Å². The van der Waals surface area contributed by atoms with E-state index in [1.165, 1.54) is 6.92 Å². The van der Waals surface area contributed by atoms with Crippen LogP contribution in [0.4, 0.5) is 0 Å². The molecule has 1 aromatic rings. The summed E-state index contributed by atoms with van der Waals surface area (Å²) in [5, 5.41) is 0.773. The Hall–Kier alpha value is -0.513. The van der Waals surface area contributed by atoms with E-state index < -0.39 is 8.32 Å². The van der Waals surface area contributed by atoms with Crippen molar-refractivity contribution in [2.24, 2.45) is 0 Å². The van der Waals surface area contributed by atoms with E-state index in [1.54, 1.807) is 12.1 Å². The summed E-state index contributed by atoms with van der Waals surface area (Å²) in [4.78, 5) is 11.4. The third-order valence-corrected chi connectivity index (χ3v) is 3.37. The van der Waals surface area contributed by atoms with Gasteiger partial charge in [-0.05, 0) is 38.7 Å². The Labute approximate surface area is 107 Å². The minimum Gasteiger partial charge on any atom is -0.544 e. The lowest BCUT2D eigenvalue weighted by molar-refractivity contribution is 0.101. The van der Waals surface area contributed by atoms with Crippen molar-refractivity contribution in [2.75, 3.05) is 0 Å². The highest BCUT2D eigenvalue weighted by molar-refractivity contribution is 6.70. The fourth-order valence-corrected chi connectivity index (χ4v) is 2.36. The molecule has 0 saturated carbocycles. The molecule has 0 heterocycles. The third kappa shape index (κ3) is 3.51. The number of Topliss-reactive ketones (excluding diaryl/α,β-unsaturated/α-hetero) is 1. The first kappa shape index (κ1) is 13.6. The summed E-state index contributed by atoms with van der Waals surface area (Å²) in [6, 6.07) is 3.17. The first-order chi connectivity index (χ1) is 7.20. The van der Waals surface area contributed by atoms with E-state index in [1.807, 2.05) is 19.6 Å². The number of hydrogen-bond acceptors (Lipinski definition) is 2. The molecule has 0 radical (unpaired) electrons. The second-order valence-electron chi connectivity index (χ2n) is 4.53. The SMILES string of the molecule is CC(=O)c1cc(Cl)c(Cl)cc1O[Si](C)(C)C. The number of benzene rings is 1. The van der Waals surface area contributed by atoms with Gasteiger partial charge < -0.3 is 4.43 Å². The predicted molar refractivity (Wildman–Crippen MR) is 70.4 cm³/mol. The average molecular weight is 277 g/mol. The first-order valence-electron chi connectivity index (χ1n) is 4.90. The zero-order valence-electron chi connectivity index (χ0n) is 9.73. The summed E-state index contributed by atoms with van der Waals surface area (Å²) in [7, 11) is -1.77. The summed E-state index contributed by atoms with van der Waals surface area (Å²) in [5.74, 6) is 0.452. The van der Waals surface area contributed by atoms with Crippen molar-refractivity contribution in [1.29, 1.82) is 0 Å². The van der Waals surface area contributed by atoms with Crippen LogP contribution < -0.4 is 4.43 Å². The molecule has 0 aliphatic heterocycles. The zero-order chi connectivity index (χ0) is 12.5. The van der Waals surface area contributed by atoms with Gasteiger partial charge in [-0.3, -0.25) is 4.79 Å². The van der Waals surface area contributed by atoms with Gasteiger partial charge in [0.1, 0.15) is 5.75 Å². The monoisotopic (exact) mass is 276 g/mol. The van der Waals surface area contributed by atoms with E-state index in [0.29, 0.717) is 21.4 Å². The fourth-order valence-electron chi connectivity index (χ4n) is 1.22. The van der Waals surface area contributed by atoms with E-state index in [0.717, 1.165) is 0 Å². The lowest BCUT2D eigenvalue weighted by Gasteiger charge is -2.21. The van der Waals surface area contributed by atoms with Gasteiger partial charge >= 0.3 is 0 Å². The van der Waals surface area contributed by atoms with Crippen LogP contribution in [-0.4, -0.2) is 14.1 Å². The highest BCUT2D eigenvalue weighted by Gasteiger charge is 2.20. The quantitative estimate of drug-likeness (QED) is 0.604. The highest BCUT2D eigenvalue weighted by atomic mass is 35.5. The van der Waals surface area contributed by atoms with Crippen LogP contribution in [0.5, 0.6) is 5.75 Å². The molecule has 0 aliphatic rings. The van der Waals surface area contributed by atoms with E-state index in [9.17, 15) is 4.79 Å². The van der Waals surface area contributed by atoms with Gasteiger partial charge in [0, 0.05) is 0 Å². The number of carbonyl (C=O) groups excluding carboxylic acids is 1. The molecule has 0 unspecified atom stereocenters. The average Bonchev–Trinajstić information content (AvgIpc) is 2.07. The van der Waals surface area contributed by atoms with Gasteiger partial charge in [0.15, 0.2) is 5.78 Å². The number of hydrogen-bond donors (Lipinski definition) is 0. The molecule has 2 nitrogen and oxygen atoms in total. The van der Waals surface area contributed by atoms with Crippen molar-refractivity contribution in [3.8, 4) is 5.75 Å². The predicted octanol–water partition coefficient (Wildman–Crippen LogP) is 4.41. The summed E-state index contributed by atoms with van der Waals surface area (Å²) in [5.41, 5.74) is 0.483. The molecule has 0 N–H and O–H groups in total. The fraction of sp³-hybridized carbons (Fsp3) is 0.364. The Morgan fingerprint density at radius 3 is 2.12 bits per heavy atom. The van der Waals surface area contributed by atoms with Crippen molar-refractivity contribution in [3.05, 3.63) is 27.7 Å². The van der Waals surface area contributed by atoms with Gasteiger partial charge in [-0.25, -0.2) is 0 Å². The maximum atomic E-state index is 11.4. The molecule has 0 amide bonds. The van der Waals surface area contributed by atoms with Crippen molar-refractivity contribution in [2.45, 2.75) is 26.6 Å². The number of rotatable bonds is 3. The normalized spacial score (nSPS) is 11.4. The van der Waals surface area contributed by atoms with Crippen molar-refractivity contribution in [1.82, 2.24) is 0 Å². The molecule has 16 heavy (non-hydrogen) atoms. The van der Waals surface area contributed by atoms with Crippen molar-refractivity contribution >= 4 is 37.3 Å². The molecular formula is C11H14Cl2O2Si. The maximum Gasteiger partial charge on any atom is 0.242 e. The molecule has 0 spiro atoms. The number of halogens is 2. The largest absolute Gasteiger partial charge is 0.544 e. The zero-order valence-corrected chi connectivity index (χ0v) is 12.2. The van der Waals surface area contributed by atoms with Crippen LogP contribution in [0.3, 0.4) is 0 Å². The summed E-state index contributed by atoms with van der Waals surface area (Å²) in [6.45, 7) is 7.61. The minimum atomic E-state index is -1.77. The molecule has 0 bridgehead atoms. The van der Waals surface area contributed by atoms with Crippen LogP contribution in [0.25, 0.3) is 0 Å². The second kappa shape index (κ2) is 4.78. The molecule has 1 aromatic carbocycles. The van der Waals surface area contributed by atoms with E-state index in [-0.39, 0.29) is 5.78 Å². The van der Waals surface area contributed by atoms with E-state index in [2.05, 4.69) is 0 Å². The summed E-state index contributed by atoms with van der Waals surface area (Å²) >= 11 is 11.8. The van der Waals surface area contributed by atoms with E-state index >= 15 is 0 Å². The van der Waals surface area contributed by atoms with Gasteiger partial charge in [0.05, 0.1) is 15.6 Å². The smallest absolute Gasteiger partial charge is 0.242 e. The Balaban J connectivity index is 3.25. The van der Waals surface area contributed by atoms with Crippen LogP contribution in [0.1, 0.15) is 17.3 Å². The number of carbonyl (C=O) groups is 1. The molecule has 0 fully saturated rings. The van der Waals surface area contributed by atoms with Crippen LogP contribution >= 0.6 is 23.2 Å². The lowest BCUT2D eigenvalue weighted by atomic mass is 10.1. The highest BCUT2D eigenvalue weighted by Crippen LogP contribution is 2.32. The van der Waals surface area contributed by atoms with Gasteiger partial charge in [-0.15, -0.1) is 0 Å². The van der Waals surface area contributed by atoms with Gasteiger partial charge in [0.25, 0.3) is 0 Å². The van der Waals surface area contributed by atoms with Gasteiger partial charge in [-0.1, -0.05) is 23.2 Å². The van der Waals surface area contributed by atoms with Gasteiger partial charge in [-0.2, -0.15) is 0 Å². The molecule has 5 heteroatoms. The molecule has 0 aromatic heterocycles. The van der Waals surface area contributed by atoms with Gasteiger partial charge in [0.2, 0.25) is 8.32 Å². The topological polar surface area (TPSA) is 26.3 Å². The molecule has 88 valence electrons. The Morgan fingerprint density at radius 1 is 1.19 bits per heavy atom. The minimum absolute atomic E-state index is 0.0770. The molecular weight excluding hydrogens is 263 g/mol. The molecule has 0 atom stereocenters. The number of ketones is 1. The van der Waals surface area contributed by atoms with Crippen LogP contribution in [0, 0.1) is 0 Å². The van der Waals surface area contributed by atoms with Crippen molar-refractivity contribution in [3.63, 3.8) is 0 Å². The molecule has 0 saturated heterocycles. The molecule has 1 rings (SSSR count). The maximum absolute atomic E-state index is 11.4. The lowest BCUT2D eigenvalue weighted by Crippen LogP contribution is -2.30. The third-order valence-electron chi connectivity index (χ3n) is 1.82. The van der Waals surface area contributed by atoms with Crippen LogP contribution in [0.15, 0.2) is 12.1 Å². The Kier molecular flexibility index (Phi) is 4.05. The Morgan fingerprint density at radius 2 is 1.69 bits per heavy atom. The molecule has 0 aliphatic carbocycles. The van der Waals surface area contributed by atoms with Crippen LogP contribution in [0.2, 0.25) is 29.7 Å². The standard InChI is InChI=1S/C11H14Cl2O2Si/c1-7(14)8-5-9(12)10(13)6-11(8)15-16(2,3)4/h5-6H,1-4H3.